The van der Waals surface area contributed by atoms with Crippen LogP contribution in [0.2, 0.25) is 5.02 Å². The highest BCUT2D eigenvalue weighted by atomic mass is 35.5. The maximum Gasteiger partial charge on any atom is 0.323 e. The third-order valence-corrected chi connectivity index (χ3v) is 4.06. The molecule has 3 rings (SSSR count). The molecule has 0 spiro atoms. The Morgan fingerprint density at radius 1 is 1.20 bits per heavy atom. The quantitative estimate of drug-likeness (QED) is 0.866. The number of carbonyl (C=O) groups excluding carboxylic acids is 2. The number of likely N-dealkylation sites (N-methyl/N-ethyl adjacent to an activating group) is 1. The zero-order chi connectivity index (χ0) is 18.0. The van der Waals surface area contributed by atoms with Crippen molar-refractivity contribution in [2.45, 2.75) is 20.0 Å². The predicted molar refractivity (Wildman–Crippen MR) is 98.7 cm³/mol. The molecule has 2 aromatic carbocycles. The molecule has 0 bridgehead atoms. The predicted octanol–water partition coefficient (Wildman–Crippen LogP) is 4.12. The number of halogens is 1. The second-order valence-electron chi connectivity index (χ2n) is 5.61. The smallest absolute Gasteiger partial charge is 0.323 e. The summed E-state index contributed by atoms with van der Waals surface area (Å²) in [5.74, 6) is 0.519. The van der Waals surface area contributed by atoms with Gasteiger partial charge in [-0.3, -0.25) is 4.79 Å². The summed E-state index contributed by atoms with van der Waals surface area (Å²) in [6, 6.07) is 11.7. The van der Waals surface area contributed by atoms with E-state index in [9.17, 15) is 9.59 Å². The Hall–Kier alpha value is -2.73. The van der Waals surface area contributed by atoms with Gasteiger partial charge in [0.05, 0.1) is 5.69 Å². The molecule has 1 aliphatic rings. The number of hydrogen-bond donors (Lipinski definition) is 2. The fourth-order valence-corrected chi connectivity index (χ4v) is 2.86. The maximum absolute atomic E-state index is 12.2. The summed E-state index contributed by atoms with van der Waals surface area (Å²) in [7, 11) is 0. The van der Waals surface area contributed by atoms with Crippen LogP contribution in [0.5, 0.6) is 5.75 Å². The largest absolute Gasteiger partial charge is 0.479 e. The number of rotatable bonds is 3. The van der Waals surface area contributed by atoms with Crippen molar-refractivity contribution in [3.05, 3.63) is 47.5 Å². The summed E-state index contributed by atoms with van der Waals surface area (Å²) in [5.41, 5.74) is 1.79. The summed E-state index contributed by atoms with van der Waals surface area (Å²) in [6.45, 7) is 4.14. The van der Waals surface area contributed by atoms with Gasteiger partial charge >= 0.3 is 6.03 Å². The van der Waals surface area contributed by atoms with Crippen LogP contribution >= 0.6 is 11.6 Å². The minimum absolute atomic E-state index is 0.101. The van der Waals surface area contributed by atoms with Gasteiger partial charge in [0, 0.05) is 22.9 Å². The van der Waals surface area contributed by atoms with E-state index in [-0.39, 0.29) is 5.91 Å². The fraction of sp³-hybridized carbons (Fsp3) is 0.222. The molecule has 25 heavy (non-hydrogen) atoms. The first-order chi connectivity index (χ1) is 12.0. The van der Waals surface area contributed by atoms with Crippen molar-refractivity contribution in [3.8, 4) is 5.75 Å². The summed E-state index contributed by atoms with van der Waals surface area (Å²) < 4.78 is 5.61. The average Bonchev–Trinajstić information content (AvgIpc) is 2.56. The van der Waals surface area contributed by atoms with Crippen LogP contribution in [0.15, 0.2) is 42.5 Å². The second-order valence-corrected chi connectivity index (χ2v) is 6.05. The van der Waals surface area contributed by atoms with Gasteiger partial charge in [-0.15, -0.1) is 0 Å². The first kappa shape index (κ1) is 17.1. The summed E-state index contributed by atoms with van der Waals surface area (Å²) in [6.07, 6.45) is -0.516. The third-order valence-electron chi connectivity index (χ3n) is 3.82. The Morgan fingerprint density at radius 3 is 2.60 bits per heavy atom. The van der Waals surface area contributed by atoms with Crippen molar-refractivity contribution in [2.75, 3.05) is 22.1 Å². The van der Waals surface area contributed by atoms with Crippen molar-refractivity contribution in [2.24, 2.45) is 0 Å². The monoisotopic (exact) mass is 359 g/mol. The fourth-order valence-electron chi connectivity index (χ4n) is 2.67. The van der Waals surface area contributed by atoms with Gasteiger partial charge in [0.2, 0.25) is 0 Å². The zero-order valence-electron chi connectivity index (χ0n) is 13.9. The molecule has 0 fully saturated rings. The van der Waals surface area contributed by atoms with E-state index in [4.69, 9.17) is 16.3 Å². The van der Waals surface area contributed by atoms with Gasteiger partial charge in [-0.2, -0.15) is 0 Å². The minimum Gasteiger partial charge on any atom is -0.479 e. The number of carbonyl (C=O) groups is 2. The van der Waals surface area contributed by atoms with E-state index in [0.717, 1.165) is 0 Å². The lowest BCUT2D eigenvalue weighted by atomic mass is 10.1. The summed E-state index contributed by atoms with van der Waals surface area (Å²) >= 11 is 5.90. The van der Waals surface area contributed by atoms with Crippen molar-refractivity contribution < 1.29 is 14.3 Å². The zero-order valence-corrected chi connectivity index (χ0v) is 14.6. The Balaban J connectivity index is 1.77. The minimum atomic E-state index is -0.516. The number of nitrogens with zero attached hydrogens (tertiary/aromatic N) is 1. The van der Waals surface area contributed by atoms with E-state index in [1.54, 1.807) is 54.3 Å². The Bertz CT molecular complexity index is 825. The van der Waals surface area contributed by atoms with Gasteiger partial charge in [0.25, 0.3) is 5.91 Å². The maximum atomic E-state index is 12.2. The van der Waals surface area contributed by atoms with Crippen LogP contribution < -0.4 is 20.3 Å². The Morgan fingerprint density at radius 2 is 1.92 bits per heavy atom. The number of benzene rings is 2. The lowest BCUT2D eigenvalue weighted by molar-refractivity contribution is -0.125. The molecule has 1 atom stereocenters. The van der Waals surface area contributed by atoms with Gasteiger partial charge in [-0.1, -0.05) is 17.7 Å². The van der Waals surface area contributed by atoms with E-state index in [1.165, 1.54) is 0 Å². The molecule has 0 saturated heterocycles. The van der Waals surface area contributed by atoms with E-state index >= 15 is 0 Å². The topological polar surface area (TPSA) is 70.7 Å². The SMILES string of the molecule is CCN1C(=O)C(C)Oc2ccc(NC(=O)Nc3cccc(Cl)c3)cc21. The van der Waals surface area contributed by atoms with Crippen molar-refractivity contribution in [3.63, 3.8) is 0 Å². The van der Waals surface area contributed by atoms with E-state index in [2.05, 4.69) is 10.6 Å². The third kappa shape index (κ3) is 3.69. The Labute approximate surface area is 150 Å². The molecular weight excluding hydrogens is 342 g/mol. The second kappa shape index (κ2) is 7.03. The average molecular weight is 360 g/mol. The number of fused-ring (bicyclic) bond motifs is 1. The Kier molecular flexibility index (Phi) is 4.81. The normalized spacial score (nSPS) is 16.0. The van der Waals surface area contributed by atoms with Crippen LogP contribution in [0, 0.1) is 0 Å². The van der Waals surface area contributed by atoms with Crippen LogP contribution in [0.3, 0.4) is 0 Å². The van der Waals surface area contributed by atoms with E-state index in [1.807, 2.05) is 6.92 Å². The molecule has 1 aliphatic heterocycles. The van der Waals surface area contributed by atoms with Gasteiger partial charge in [-0.25, -0.2) is 4.79 Å². The van der Waals surface area contributed by atoms with Crippen LogP contribution in [-0.4, -0.2) is 24.6 Å². The molecule has 3 amide bonds. The molecule has 0 aliphatic carbocycles. The van der Waals surface area contributed by atoms with Gasteiger partial charge in [-0.05, 0) is 50.2 Å². The standard InChI is InChI=1S/C18H18ClN3O3/c1-3-22-15-10-14(7-8-16(15)25-11(2)17(22)23)21-18(24)20-13-6-4-5-12(19)9-13/h4-11H,3H2,1-2H3,(H2,20,21,24). The molecule has 2 aromatic rings. The van der Waals surface area contributed by atoms with E-state index in [0.29, 0.717) is 34.4 Å². The molecular formula is C18H18ClN3O3. The highest BCUT2D eigenvalue weighted by molar-refractivity contribution is 6.30. The lowest BCUT2D eigenvalue weighted by Gasteiger charge is -2.32. The van der Waals surface area contributed by atoms with E-state index < -0.39 is 12.1 Å². The number of amides is 3. The molecule has 2 N–H and O–H groups in total. The van der Waals surface area contributed by atoms with Crippen LogP contribution in [0.25, 0.3) is 0 Å². The van der Waals surface area contributed by atoms with Gasteiger partial charge < -0.3 is 20.3 Å². The van der Waals surface area contributed by atoms with Gasteiger partial charge in [0.1, 0.15) is 5.75 Å². The lowest BCUT2D eigenvalue weighted by Crippen LogP contribution is -2.44. The molecule has 0 saturated carbocycles. The number of urea groups is 1. The van der Waals surface area contributed by atoms with Crippen LogP contribution in [-0.2, 0) is 4.79 Å². The molecule has 1 heterocycles. The highest BCUT2D eigenvalue weighted by Crippen LogP contribution is 2.36. The van der Waals surface area contributed by atoms with Crippen LogP contribution in [0.4, 0.5) is 21.9 Å². The summed E-state index contributed by atoms with van der Waals surface area (Å²) in [5, 5.41) is 5.99. The summed E-state index contributed by atoms with van der Waals surface area (Å²) in [4.78, 5) is 26.0. The first-order valence-electron chi connectivity index (χ1n) is 7.93. The number of hydrogen-bond acceptors (Lipinski definition) is 3. The molecule has 7 heteroatoms. The molecule has 6 nitrogen and oxygen atoms in total. The van der Waals surface area contributed by atoms with Gasteiger partial charge in [0.15, 0.2) is 6.10 Å². The van der Waals surface area contributed by atoms with Crippen molar-refractivity contribution in [1.29, 1.82) is 0 Å². The first-order valence-corrected chi connectivity index (χ1v) is 8.31. The molecule has 0 aromatic heterocycles. The molecule has 0 radical (unpaired) electrons. The molecule has 1 unspecified atom stereocenters. The van der Waals surface area contributed by atoms with Crippen molar-refractivity contribution >= 4 is 40.6 Å². The molecule has 130 valence electrons. The number of ether oxygens (including phenoxy) is 1. The highest BCUT2D eigenvalue weighted by Gasteiger charge is 2.30. The van der Waals surface area contributed by atoms with Crippen LogP contribution in [0.1, 0.15) is 13.8 Å². The number of anilines is 3. The van der Waals surface area contributed by atoms with Crippen molar-refractivity contribution in [1.82, 2.24) is 0 Å². The number of nitrogens with one attached hydrogen (secondary N) is 2.